The third kappa shape index (κ3) is 5.27. The first-order chi connectivity index (χ1) is 10.7. The Morgan fingerprint density at radius 3 is 2.30 bits per heavy atom. The Morgan fingerprint density at radius 1 is 0.957 bits per heavy atom. The molecule has 2 N–H and O–H groups in total. The topological polar surface area (TPSA) is 41.1 Å². The summed E-state index contributed by atoms with van der Waals surface area (Å²) in [4.78, 5) is 12.2. The molecule has 2 rings (SSSR count). The molecule has 0 fully saturated rings. The van der Waals surface area contributed by atoms with Crippen LogP contribution in [0, 0.1) is 5.41 Å². The fourth-order valence-corrected chi connectivity index (χ4v) is 3.34. The molecule has 0 atom stereocenters. The first kappa shape index (κ1) is 17.3. The van der Waals surface area contributed by atoms with E-state index in [9.17, 15) is 4.79 Å². The average molecular weight is 312 g/mol. The van der Waals surface area contributed by atoms with Gasteiger partial charge in [0.25, 0.3) is 0 Å². The van der Waals surface area contributed by atoms with E-state index in [2.05, 4.69) is 69.5 Å². The van der Waals surface area contributed by atoms with E-state index in [4.69, 9.17) is 0 Å². The smallest absolute Gasteiger partial charge is 0.315 e. The Bertz CT molecular complexity index is 678. The predicted octanol–water partition coefficient (Wildman–Crippen LogP) is 4.85. The predicted molar refractivity (Wildman–Crippen MR) is 97.5 cm³/mol. The Labute approximate surface area is 139 Å². The van der Waals surface area contributed by atoms with Crippen LogP contribution in [0.3, 0.4) is 0 Å². The summed E-state index contributed by atoms with van der Waals surface area (Å²) >= 11 is 0. The van der Waals surface area contributed by atoms with Gasteiger partial charge in [0.05, 0.1) is 0 Å². The fraction of sp³-hybridized carbons (Fsp3) is 0.450. The van der Waals surface area contributed by atoms with Crippen LogP contribution in [0.4, 0.5) is 4.79 Å². The van der Waals surface area contributed by atoms with E-state index in [0.717, 1.165) is 12.0 Å². The van der Waals surface area contributed by atoms with E-state index in [1.54, 1.807) is 0 Å². The Morgan fingerprint density at radius 2 is 1.61 bits per heavy atom. The quantitative estimate of drug-likeness (QED) is 0.832. The molecule has 0 unspecified atom stereocenters. The van der Waals surface area contributed by atoms with E-state index in [1.165, 1.54) is 10.8 Å². The summed E-state index contributed by atoms with van der Waals surface area (Å²) in [6.45, 7) is 11.2. The Balaban J connectivity index is 1.99. The van der Waals surface area contributed by atoms with Crippen LogP contribution in [0.1, 0.15) is 46.6 Å². The molecule has 0 radical (unpaired) electrons. The van der Waals surface area contributed by atoms with Crippen molar-refractivity contribution in [3.8, 4) is 0 Å². The van der Waals surface area contributed by atoms with Crippen molar-refractivity contribution in [1.29, 1.82) is 0 Å². The minimum Gasteiger partial charge on any atom is -0.334 e. The highest BCUT2D eigenvalue weighted by Crippen LogP contribution is 2.26. The maximum Gasteiger partial charge on any atom is 0.315 e. The van der Waals surface area contributed by atoms with Crippen molar-refractivity contribution in [2.75, 3.05) is 0 Å². The SMILES string of the molecule is CC(C)(C)CC(C)(C)NC(=O)NCc1cccc2ccccc12. The zero-order valence-electron chi connectivity index (χ0n) is 14.9. The van der Waals surface area contributed by atoms with Crippen LogP contribution in [-0.2, 0) is 6.54 Å². The summed E-state index contributed by atoms with van der Waals surface area (Å²) in [7, 11) is 0. The van der Waals surface area contributed by atoms with Gasteiger partial charge in [-0.15, -0.1) is 0 Å². The van der Waals surface area contributed by atoms with Crippen LogP contribution in [0.5, 0.6) is 0 Å². The highest BCUT2D eigenvalue weighted by molar-refractivity contribution is 5.86. The number of rotatable bonds is 4. The zero-order valence-corrected chi connectivity index (χ0v) is 14.9. The van der Waals surface area contributed by atoms with Crippen molar-refractivity contribution in [1.82, 2.24) is 10.6 Å². The van der Waals surface area contributed by atoms with Crippen molar-refractivity contribution in [2.45, 2.75) is 53.1 Å². The lowest BCUT2D eigenvalue weighted by Gasteiger charge is -2.33. The first-order valence-corrected chi connectivity index (χ1v) is 8.19. The van der Waals surface area contributed by atoms with Gasteiger partial charge in [0.15, 0.2) is 0 Å². The van der Waals surface area contributed by atoms with Crippen molar-refractivity contribution >= 4 is 16.8 Å². The van der Waals surface area contributed by atoms with Crippen LogP contribution in [-0.4, -0.2) is 11.6 Å². The van der Waals surface area contributed by atoms with Gasteiger partial charge >= 0.3 is 6.03 Å². The minimum atomic E-state index is -0.235. The van der Waals surface area contributed by atoms with Crippen molar-refractivity contribution in [3.63, 3.8) is 0 Å². The van der Waals surface area contributed by atoms with Gasteiger partial charge in [-0.2, -0.15) is 0 Å². The maximum absolute atomic E-state index is 12.2. The lowest BCUT2D eigenvalue weighted by Crippen LogP contribution is -2.49. The monoisotopic (exact) mass is 312 g/mol. The number of carbonyl (C=O) groups is 1. The zero-order chi connectivity index (χ0) is 17.1. The highest BCUT2D eigenvalue weighted by atomic mass is 16.2. The molecule has 0 aliphatic rings. The molecule has 0 saturated heterocycles. The van der Waals surface area contributed by atoms with Crippen LogP contribution >= 0.6 is 0 Å². The summed E-state index contributed by atoms with van der Waals surface area (Å²) in [5, 5.41) is 8.44. The molecule has 0 heterocycles. The Hall–Kier alpha value is -2.03. The second kappa shape index (κ2) is 6.61. The van der Waals surface area contributed by atoms with Gasteiger partial charge in [0.2, 0.25) is 0 Å². The third-order valence-corrected chi connectivity index (χ3v) is 3.74. The second-order valence-electron chi connectivity index (χ2n) is 8.07. The van der Waals surface area contributed by atoms with E-state index in [1.807, 2.05) is 18.2 Å². The number of hydrogen-bond donors (Lipinski definition) is 2. The number of hydrogen-bond acceptors (Lipinski definition) is 1. The highest BCUT2D eigenvalue weighted by Gasteiger charge is 2.26. The number of benzene rings is 2. The van der Waals surface area contributed by atoms with Gasteiger partial charge in [0.1, 0.15) is 0 Å². The molecule has 0 aliphatic heterocycles. The summed E-state index contributed by atoms with van der Waals surface area (Å²) < 4.78 is 0. The van der Waals surface area contributed by atoms with E-state index >= 15 is 0 Å². The number of fused-ring (bicyclic) bond motifs is 1. The van der Waals surface area contributed by atoms with Crippen LogP contribution < -0.4 is 10.6 Å². The summed E-state index contributed by atoms with van der Waals surface area (Å²) in [6, 6.07) is 14.3. The molecule has 0 aliphatic carbocycles. The van der Waals surface area contributed by atoms with Gasteiger partial charge in [-0.1, -0.05) is 63.2 Å². The number of amides is 2. The lowest BCUT2D eigenvalue weighted by atomic mass is 9.82. The van der Waals surface area contributed by atoms with E-state index in [0.29, 0.717) is 6.54 Å². The Kier molecular flexibility index (Phi) is 4.98. The molecular formula is C20H28N2O. The van der Waals surface area contributed by atoms with Gasteiger partial charge in [0, 0.05) is 12.1 Å². The molecule has 2 aromatic carbocycles. The normalized spacial score (nSPS) is 12.2. The summed E-state index contributed by atoms with van der Waals surface area (Å²) in [5.41, 5.74) is 1.07. The third-order valence-electron chi connectivity index (χ3n) is 3.74. The van der Waals surface area contributed by atoms with Crippen molar-refractivity contribution in [3.05, 3.63) is 48.0 Å². The fourth-order valence-electron chi connectivity index (χ4n) is 3.34. The van der Waals surface area contributed by atoms with Crippen LogP contribution in [0.15, 0.2) is 42.5 Å². The van der Waals surface area contributed by atoms with E-state index in [-0.39, 0.29) is 17.0 Å². The molecule has 2 aromatic rings. The number of urea groups is 1. The largest absolute Gasteiger partial charge is 0.334 e. The molecule has 0 aromatic heterocycles. The van der Waals surface area contributed by atoms with E-state index < -0.39 is 0 Å². The molecule has 0 bridgehead atoms. The standard InChI is InChI=1S/C20H28N2O/c1-19(2,3)14-20(4,5)22-18(23)21-13-16-11-8-10-15-9-6-7-12-17(15)16/h6-12H,13-14H2,1-5H3,(H2,21,22,23). The van der Waals surface area contributed by atoms with Crippen molar-refractivity contribution in [2.24, 2.45) is 5.41 Å². The lowest BCUT2D eigenvalue weighted by molar-refractivity contribution is 0.210. The second-order valence-corrected chi connectivity index (χ2v) is 8.07. The molecule has 3 heteroatoms. The molecular weight excluding hydrogens is 284 g/mol. The minimum absolute atomic E-state index is 0.118. The molecule has 23 heavy (non-hydrogen) atoms. The van der Waals surface area contributed by atoms with Crippen LogP contribution in [0.25, 0.3) is 10.8 Å². The first-order valence-electron chi connectivity index (χ1n) is 8.19. The van der Waals surface area contributed by atoms with Crippen LogP contribution in [0.2, 0.25) is 0 Å². The molecule has 2 amide bonds. The number of carbonyl (C=O) groups excluding carboxylic acids is 1. The molecule has 0 saturated carbocycles. The van der Waals surface area contributed by atoms with Crippen molar-refractivity contribution < 1.29 is 4.79 Å². The number of nitrogens with one attached hydrogen (secondary N) is 2. The maximum atomic E-state index is 12.2. The summed E-state index contributed by atoms with van der Waals surface area (Å²) in [5.74, 6) is 0. The van der Waals surface area contributed by atoms with Gasteiger partial charge in [-0.05, 0) is 42.0 Å². The van der Waals surface area contributed by atoms with Gasteiger partial charge < -0.3 is 10.6 Å². The van der Waals surface area contributed by atoms with Gasteiger partial charge in [-0.25, -0.2) is 4.79 Å². The summed E-state index contributed by atoms with van der Waals surface area (Å²) in [6.07, 6.45) is 0.918. The van der Waals surface area contributed by atoms with Gasteiger partial charge in [-0.3, -0.25) is 0 Å². The molecule has 3 nitrogen and oxygen atoms in total. The molecule has 124 valence electrons. The average Bonchev–Trinajstić information content (AvgIpc) is 2.41. The molecule has 0 spiro atoms.